The molecule has 1 aliphatic carbocycles. The molecular formula is C27H30N4. The lowest BCUT2D eigenvalue weighted by Crippen LogP contribution is -2.19. The summed E-state index contributed by atoms with van der Waals surface area (Å²) in [5.41, 5.74) is 10.2. The van der Waals surface area contributed by atoms with Crippen molar-refractivity contribution in [2.75, 3.05) is 10.6 Å². The number of rotatable bonds is 4. The molecular weight excluding hydrogens is 380 g/mol. The number of nitrogens with zero attached hydrogens (tertiary/aromatic N) is 2. The molecule has 0 heterocycles. The van der Waals surface area contributed by atoms with Crippen molar-refractivity contribution in [1.29, 1.82) is 10.5 Å². The van der Waals surface area contributed by atoms with Crippen LogP contribution in [0.4, 0.5) is 17.1 Å². The molecule has 2 N–H and O–H groups in total. The van der Waals surface area contributed by atoms with Gasteiger partial charge in [0.1, 0.15) is 12.1 Å². The second-order valence-electron chi connectivity index (χ2n) is 8.75. The zero-order valence-corrected chi connectivity index (χ0v) is 19.4. The van der Waals surface area contributed by atoms with E-state index in [1.54, 1.807) is 12.1 Å². The van der Waals surface area contributed by atoms with Crippen LogP contribution in [0.25, 0.3) is 0 Å². The Balaban J connectivity index is 2.04. The Labute approximate surface area is 185 Å². The van der Waals surface area contributed by atoms with E-state index in [4.69, 9.17) is 0 Å². The molecule has 2 aromatic rings. The summed E-state index contributed by atoms with van der Waals surface area (Å²) in [5, 5.41) is 26.5. The predicted molar refractivity (Wildman–Crippen MR) is 128 cm³/mol. The fourth-order valence-corrected chi connectivity index (χ4v) is 4.39. The molecule has 0 aromatic heterocycles. The molecule has 0 spiro atoms. The van der Waals surface area contributed by atoms with E-state index in [-0.39, 0.29) is 0 Å². The normalized spacial score (nSPS) is 18.2. The van der Waals surface area contributed by atoms with E-state index in [1.807, 2.05) is 13.8 Å². The second-order valence-corrected chi connectivity index (χ2v) is 8.75. The Bertz CT molecular complexity index is 1160. The molecule has 0 saturated heterocycles. The predicted octanol–water partition coefficient (Wildman–Crippen LogP) is 7.02. The summed E-state index contributed by atoms with van der Waals surface area (Å²) in [6.45, 7) is 14.8. The Morgan fingerprint density at radius 1 is 0.774 bits per heavy atom. The van der Waals surface area contributed by atoms with Gasteiger partial charge in [0.2, 0.25) is 0 Å². The quantitative estimate of drug-likeness (QED) is 0.568. The molecule has 2 aromatic carbocycles. The van der Waals surface area contributed by atoms with Gasteiger partial charge in [-0.1, -0.05) is 37.6 Å². The molecule has 0 fully saturated rings. The van der Waals surface area contributed by atoms with Crippen LogP contribution in [0.15, 0.2) is 47.2 Å². The van der Waals surface area contributed by atoms with Gasteiger partial charge in [-0.2, -0.15) is 10.5 Å². The Morgan fingerprint density at radius 3 is 1.81 bits per heavy atom. The summed E-state index contributed by atoms with van der Waals surface area (Å²) in [5.74, 6) is 0.892. The number of allylic oxidation sites excluding steroid dienone is 3. The van der Waals surface area contributed by atoms with E-state index in [2.05, 4.69) is 75.6 Å². The minimum absolute atomic E-state index is 0.417. The summed E-state index contributed by atoms with van der Waals surface area (Å²) in [7, 11) is 0. The van der Waals surface area contributed by atoms with E-state index >= 15 is 0 Å². The highest BCUT2D eigenvalue weighted by molar-refractivity contribution is 5.78. The molecule has 158 valence electrons. The molecule has 0 bridgehead atoms. The monoisotopic (exact) mass is 410 g/mol. The van der Waals surface area contributed by atoms with Crippen LogP contribution in [0.3, 0.4) is 0 Å². The molecule has 0 aliphatic heterocycles. The van der Waals surface area contributed by atoms with Crippen LogP contribution < -0.4 is 10.6 Å². The molecule has 0 amide bonds. The van der Waals surface area contributed by atoms with Gasteiger partial charge in [-0.3, -0.25) is 0 Å². The third-order valence-electron chi connectivity index (χ3n) is 6.37. The zero-order chi connectivity index (χ0) is 22.9. The maximum Gasteiger partial charge on any atom is 0.101 e. The number of aryl methyl sites for hydroxylation is 3. The standard InChI is InChI=1S/C27H30N4/c1-15-8-17(3)26(18(4)9-15)30-24-11-23(14-29)25(12-22(24)13-28)31-27-19(5)10-16(2)20(6)21(27)7/h8-12,16,20,30-31H,1-7H3. The van der Waals surface area contributed by atoms with E-state index < -0.39 is 0 Å². The molecule has 4 nitrogen and oxygen atoms in total. The zero-order valence-electron chi connectivity index (χ0n) is 19.4. The van der Waals surface area contributed by atoms with Crippen molar-refractivity contribution >= 4 is 17.1 Å². The SMILES string of the molecule is CC1=CC(C)C(C)C(C)=C1Nc1cc(C#N)c(Nc2c(C)cc(C)cc2C)cc1C#N. The summed E-state index contributed by atoms with van der Waals surface area (Å²) < 4.78 is 0. The lowest BCUT2D eigenvalue weighted by molar-refractivity contribution is 0.514. The largest absolute Gasteiger partial charge is 0.354 e. The van der Waals surface area contributed by atoms with Gasteiger partial charge in [-0.25, -0.2) is 0 Å². The topological polar surface area (TPSA) is 71.6 Å². The Morgan fingerprint density at radius 2 is 1.29 bits per heavy atom. The summed E-state index contributed by atoms with van der Waals surface area (Å²) in [6, 6.07) is 12.3. The Kier molecular flexibility index (Phi) is 6.23. The van der Waals surface area contributed by atoms with Crippen molar-refractivity contribution in [3.05, 3.63) is 75.0 Å². The molecule has 2 unspecified atom stereocenters. The minimum atomic E-state index is 0.417. The first-order valence-corrected chi connectivity index (χ1v) is 10.7. The third kappa shape index (κ3) is 4.35. The van der Waals surface area contributed by atoms with Crippen LogP contribution in [-0.4, -0.2) is 0 Å². The van der Waals surface area contributed by atoms with Gasteiger partial charge < -0.3 is 10.6 Å². The van der Waals surface area contributed by atoms with Crippen molar-refractivity contribution in [3.8, 4) is 12.1 Å². The average Bonchev–Trinajstić information content (AvgIpc) is 2.72. The molecule has 2 atom stereocenters. The maximum absolute atomic E-state index is 9.84. The van der Waals surface area contributed by atoms with Crippen molar-refractivity contribution in [2.45, 2.75) is 48.5 Å². The molecule has 4 heteroatoms. The minimum Gasteiger partial charge on any atom is -0.354 e. The van der Waals surface area contributed by atoms with Gasteiger partial charge in [0, 0.05) is 11.4 Å². The number of hydrogen-bond donors (Lipinski definition) is 2. The maximum atomic E-state index is 9.84. The lowest BCUT2D eigenvalue weighted by atomic mass is 9.81. The fourth-order valence-electron chi connectivity index (χ4n) is 4.39. The number of hydrogen-bond acceptors (Lipinski definition) is 4. The van der Waals surface area contributed by atoms with Crippen LogP contribution in [0.2, 0.25) is 0 Å². The summed E-state index contributed by atoms with van der Waals surface area (Å²) in [4.78, 5) is 0. The molecule has 0 saturated carbocycles. The van der Waals surface area contributed by atoms with Crippen LogP contribution in [0.5, 0.6) is 0 Å². The van der Waals surface area contributed by atoms with Crippen molar-refractivity contribution < 1.29 is 0 Å². The van der Waals surface area contributed by atoms with Gasteiger partial charge >= 0.3 is 0 Å². The molecule has 31 heavy (non-hydrogen) atoms. The second kappa shape index (κ2) is 8.70. The van der Waals surface area contributed by atoms with E-state index in [9.17, 15) is 10.5 Å². The first-order valence-electron chi connectivity index (χ1n) is 10.7. The number of nitriles is 2. The summed E-state index contributed by atoms with van der Waals surface area (Å²) >= 11 is 0. The first kappa shape index (κ1) is 22.2. The Hall–Kier alpha value is -3.50. The highest BCUT2D eigenvalue weighted by Gasteiger charge is 2.23. The molecule has 3 rings (SSSR count). The van der Waals surface area contributed by atoms with Gasteiger partial charge in [0.05, 0.1) is 22.5 Å². The highest BCUT2D eigenvalue weighted by Crippen LogP contribution is 2.36. The third-order valence-corrected chi connectivity index (χ3v) is 6.37. The van der Waals surface area contributed by atoms with Crippen LogP contribution in [0.1, 0.15) is 55.5 Å². The smallest absolute Gasteiger partial charge is 0.101 e. The molecule has 1 aliphatic rings. The molecule has 0 radical (unpaired) electrons. The number of nitrogens with one attached hydrogen (secondary N) is 2. The highest BCUT2D eigenvalue weighted by atomic mass is 14.9. The first-order chi connectivity index (χ1) is 14.7. The van der Waals surface area contributed by atoms with Crippen LogP contribution in [0, 0.1) is 55.3 Å². The van der Waals surface area contributed by atoms with Gasteiger partial charge in [-0.15, -0.1) is 0 Å². The van der Waals surface area contributed by atoms with Crippen molar-refractivity contribution in [2.24, 2.45) is 11.8 Å². The average molecular weight is 411 g/mol. The van der Waals surface area contributed by atoms with Crippen LogP contribution in [-0.2, 0) is 0 Å². The van der Waals surface area contributed by atoms with Crippen LogP contribution >= 0.6 is 0 Å². The van der Waals surface area contributed by atoms with Gasteiger partial charge in [0.25, 0.3) is 0 Å². The van der Waals surface area contributed by atoms with E-state index in [0.717, 1.165) is 22.5 Å². The van der Waals surface area contributed by atoms with Crippen molar-refractivity contribution in [1.82, 2.24) is 0 Å². The number of anilines is 3. The fraction of sp³-hybridized carbons (Fsp3) is 0.333. The van der Waals surface area contributed by atoms with E-state index in [0.29, 0.717) is 34.3 Å². The van der Waals surface area contributed by atoms with Gasteiger partial charge in [0.15, 0.2) is 0 Å². The van der Waals surface area contributed by atoms with Gasteiger partial charge in [-0.05, 0) is 80.9 Å². The number of benzene rings is 2. The lowest BCUT2D eigenvalue weighted by Gasteiger charge is -2.29. The van der Waals surface area contributed by atoms with E-state index in [1.165, 1.54) is 16.7 Å². The van der Waals surface area contributed by atoms with Crippen molar-refractivity contribution in [3.63, 3.8) is 0 Å². The summed E-state index contributed by atoms with van der Waals surface area (Å²) in [6.07, 6.45) is 2.26.